The average molecular weight is 288 g/mol. The number of nitrogen functional groups attached to an aromatic ring is 1. The summed E-state index contributed by atoms with van der Waals surface area (Å²) in [5.74, 6) is 1.87. The summed E-state index contributed by atoms with van der Waals surface area (Å²) in [4.78, 5) is 4.14. The molecule has 1 aromatic heterocycles. The fourth-order valence-corrected chi connectivity index (χ4v) is 2.93. The van der Waals surface area contributed by atoms with Crippen molar-refractivity contribution in [3.63, 3.8) is 0 Å². The first-order valence-electron chi connectivity index (χ1n) is 6.52. The van der Waals surface area contributed by atoms with Crippen molar-refractivity contribution in [2.24, 2.45) is 5.92 Å². The molecule has 18 heavy (non-hydrogen) atoms. The lowest BCUT2D eigenvalue weighted by Crippen LogP contribution is -2.07. The van der Waals surface area contributed by atoms with E-state index in [9.17, 15) is 0 Å². The minimum absolute atomic E-state index is 0.319. The van der Waals surface area contributed by atoms with Gasteiger partial charge in [-0.15, -0.1) is 0 Å². The lowest BCUT2D eigenvalue weighted by atomic mass is 10.0. The number of nitrogens with two attached hydrogens (primary N) is 1. The quantitative estimate of drug-likeness (QED) is 0.792. The van der Waals surface area contributed by atoms with E-state index in [2.05, 4.69) is 10.3 Å². The average Bonchev–Trinajstić information content (AvgIpc) is 2.84. The van der Waals surface area contributed by atoms with E-state index in [4.69, 9.17) is 28.9 Å². The second kappa shape index (κ2) is 6.48. The van der Waals surface area contributed by atoms with E-state index in [-0.39, 0.29) is 0 Å². The van der Waals surface area contributed by atoms with Crippen molar-refractivity contribution in [2.75, 3.05) is 17.6 Å². The number of rotatable bonds is 5. The van der Waals surface area contributed by atoms with Crippen molar-refractivity contribution in [3.05, 3.63) is 16.1 Å². The maximum absolute atomic E-state index is 6.04. The van der Waals surface area contributed by atoms with Gasteiger partial charge in [0.15, 0.2) is 0 Å². The third kappa shape index (κ3) is 3.66. The molecule has 3 nitrogen and oxygen atoms in total. The highest BCUT2D eigenvalue weighted by molar-refractivity contribution is 6.37. The van der Waals surface area contributed by atoms with Gasteiger partial charge in [-0.1, -0.05) is 48.9 Å². The molecule has 0 amide bonds. The highest BCUT2D eigenvalue weighted by Gasteiger charge is 2.14. The van der Waals surface area contributed by atoms with Gasteiger partial charge in [0.05, 0.1) is 10.0 Å². The normalized spacial score (nSPS) is 16.1. The smallest absolute Gasteiger partial charge is 0.147 e. The van der Waals surface area contributed by atoms with Crippen LogP contribution in [0.1, 0.15) is 38.5 Å². The van der Waals surface area contributed by atoms with Crippen molar-refractivity contribution in [1.29, 1.82) is 0 Å². The van der Waals surface area contributed by atoms with Crippen molar-refractivity contribution >= 4 is 34.8 Å². The van der Waals surface area contributed by atoms with E-state index >= 15 is 0 Å². The Hall–Kier alpha value is -0.670. The molecule has 1 aromatic rings. The lowest BCUT2D eigenvalue weighted by Gasteiger charge is -2.11. The SMILES string of the molecule is Nc1nc(NCCCC2CCCC2)c(Cl)cc1Cl. The molecule has 0 aliphatic heterocycles. The Morgan fingerprint density at radius 1 is 1.28 bits per heavy atom. The van der Waals surface area contributed by atoms with Crippen LogP contribution in [0.15, 0.2) is 6.07 Å². The predicted octanol–water partition coefficient (Wildman–Crippen LogP) is 4.35. The zero-order chi connectivity index (χ0) is 13.0. The summed E-state index contributed by atoms with van der Waals surface area (Å²) in [7, 11) is 0. The van der Waals surface area contributed by atoms with Gasteiger partial charge in [0.25, 0.3) is 0 Å². The van der Waals surface area contributed by atoms with Crippen LogP contribution in [0.25, 0.3) is 0 Å². The molecule has 0 bridgehead atoms. The summed E-state index contributed by atoms with van der Waals surface area (Å²) in [6.07, 6.45) is 8.02. The second-order valence-electron chi connectivity index (χ2n) is 4.91. The summed E-state index contributed by atoms with van der Waals surface area (Å²) >= 11 is 11.9. The van der Waals surface area contributed by atoms with E-state index in [0.717, 1.165) is 18.9 Å². The second-order valence-corrected chi connectivity index (χ2v) is 5.72. The van der Waals surface area contributed by atoms with Gasteiger partial charge in [0.2, 0.25) is 0 Å². The Balaban J connectivity index is 1.77. The number of hydrogen-bond donors (Lipinski definition) is 2. The molecule has 1 aliphatic rings. The molecule has 0 radical (unpaired) electrons. The molecule has 0 spiro atoms. The molecule has 1 fully saturated rings. The minimum atomic E-state index is 0.319. The van der Waals surface area contributed by atoms with E-state index in [1.165, 1.54) is 32.1 Å². The van der Waals surface area contributed by atoms with E-state index < -0.39 is 0 Å². The number of nitrogens with one attached hydrogen (secondary N) is 1. The monoisotopic (exact) mass is 287 g/mol. The van der Waals surface area contributed by atoms with Crippen molar-refractivity contribution in [1.82, 2.24) is 4.98 Å². The Bertz CT molecular complexity index is 403. The van der Waals surface area contributed by atoms with Crippen LogP contribution >= 0.6 is 23.2 Å². The van der Waals surface area contributed by atoms with E-state index in [0.29, 0.717) is 21.7 Å². The molecule has 2 rings (SSSR count). The number of nitrogens with zero attached hydrogens (tertiary/aromatic N) is 1. The van der Waals surface area contributed by atoms with E-state index in [1.807, 2.05) is 0 Å². The standard InChI is InChI=1S/C13H19Cl2N3/c14-10-8-11(15)13(18-12(10)16)17-7-3-6-9-4-1-2-5-9/h8-9H,1-7H2,(H3,16,17,18). The Morgan fingerprint density at radius 2 is 2.00 bits per heavy atom. The van der Waals surface area contributed by atoms with Crippen LogP contribution in [0.5, 0.6) is 0 Å². The Morgan fingerprint density at radius 3 is 2.72 bits per heavy atom. The molecule has 0 saturated heterocycles. The largest absolute Gasteiger partial charge is 0.382 e. The summed E-state index contributed by atoms with van der Waals surface area (Å²) < 4.78 is 0. The molecular formula is C13H19Cl2N3. The van der Waals surface area contributed by atoms with Gasteiger partial charge >= 0.3 is 0 Å². The van der Waals surface area contributed by atoms with Crippen molar-refractivity contribution < 1.29 is 0 Å². The summed E-state index contributed by atoms with van der Waals surface area (Å²) in [6, 6.07) is 1.63. The molecule has 5 heteroatoms. The molecule has 3 N–H and O–H groups in total. The fourth-order valence-electron chi connectivity index (χ4n) is 2.50. The van der Waals surface area contributed by atoms with Crippen LogP contribution in [0.3, 0.4) is 0 Å². The van der Waals surface area contributed by atoms with Gasteiger partial charge in [-0.3, -0.25) is 0 Å². The maximum Gasteiger partial charge on any atom is 0.147 e. The molecule has 0 atom stereocenters. The van der Waals surface area contributed by atoms with Crippen LogP contribution in [0, 0.1) is 5.92 Å². The van der Waals surface area contributed by atoms with E-state index in [1.54, 1.807) is 6.07 Å². The highest BCUT2D eigenvalue weighted by Crippen LogP contribution is 2.29. The number of pyridine rings is 1. The predicted molar refractivity (Wildman–Crippen MR) is 78.4 cm³/mol. The first-order chi connectivity index (χ1) is 8.66. The van der Waals surface area contributed by atoms with Gasteiger partial charge in [-0.25, -0.2) is 4.98 Å². The molecule has 100 valence electrons. The van der Waals surface area contributed by atoms with Crippen LogP contribution in [0.4, 0.5) is 11.6 Å². The zero-order valence-electron chi connectivity index (χ0n) is 10.4. The first-order valence-corrected chi connectivity index (χ1v) is 7.28. The fraction of sp³-hybridized carbons (Fsp3) is 0.615. The third-order valence-corrected chi connectivity index (χ3v) is 4.10. The van der Waals surface area contributed by atoms with Gasteiger partial charge in [0.1, 0.15) is 11.6 Å². The van der Waals surface area contributed by atoms with Crippen molar-refractivity contribution in [2.45, 2.75) is 38.5 Å². The third-order valence-electron chi connectivity index (χ3n) is 3.51. The lowest BCUT2D eigenvalue weighted by molar-refractivity contribution is 0.491. The number of hydrogen-bond acceptors (Lipinski definition) is 3. The first kappa shape index (κ1) is 13.8. The Labute approximate surface area is 118 Å². The minimum Gasteiger partial charge on any atom is -0.382 e. The zero-order valence-corrected chi connectivity index (χ0v) is 11.9. The maximum atomic E-state index is 6.04. The number of aromatic nitrogens is 1. The number of halogens is 2. The van der Waals surface area contributed by atoms with Gasteiger partial charge in [-0.2, -0.15) is 0 Å². The van der Waals surface area contributed by atoms with Crippen LogP contribution in [-0.2, 0) is 0 Å². The molecular weight excluding hydrogens is 269 g/mol. The van der Waals surface area contributed by atoms with Crippen molar-refractivity contribution in [3.8, 4) is 0 Å². The number of anilines is 2. The van der Waals surface area contributed by atoms with Gasteiger partial charge < -0.3 is 11.1 Å². The molecule has 0 aromatic carbocycles. The molecule has 1 heterocycles. The molecule has 1 saturated carbocycles. The topological polar surface area (TPSA) is 50.9 Å². The van der Waals surface area contributed by atoms with Gasteiger partial charge in [-0.05, 0) is 24.8 Å². The summed E-state index contributed by atoms with van der Waals surface area (Å²) in [5, 5.41) is 4.15. The molecule has 1 aliphatic carbocycles. The van der Waals surface area contributed by atoms with Gasteiger partial charge in [0, 0.05) is 6.54 Å². The van der Waals surface area contributed by atoms with Crippen LogP contribution in [-0.4, -0.2) is 11.5 Å². The molecule has 0 unspecified atom stereocenters. The summed E-state index contributed by atoms with van der Waals surface area (Å²) in [5.41, 5.74) is 5.65. The van der Waals surface area contributed by atoms with Crippen LogP contribution < -0.4 is 11.1 Å². The van der Waals surface area contributed by atoms with Crippen LogP contribution in [0.2, 0.25) is 10.0 Å². The highest BCUT2D eigenvalue weighted by atomic mass is 35.5. The summed E-state index contributed by atoms with van der Waals surface area (Å²) in [6.45, 7) is 0.879. The Kier molecular flexibility index (Phi) is 4.95.